The molecule has 0 spiro atoms. The standard InChI is InChI=1S/C23H31N5O.2ClH/c24-21-3-1-2-18(12-21)14-27-9-6-17(7-10-27)16-29-22-5-4-19-8-11-28(23(25)26)15-20(19)13-22;;/h1-5,12-13,17H,6-11,14-16,24H2,(H3,25,26);2*1H. The zero-order valence-electron chi connectivity index (χ0n) is 17.8. The molecule has 8 heteroatoms. The number of rotatable bonds is 5. The average Bonchev–Trinajstić information content (AvgIpc) is 2.72. The molecule has 4 rings (SSSR count). The summed E-state index contributed by atoms with van der Waals surface area (Å²) in [5.41, 5.74) is 16.2. The van der Waals surface area contributed by atoms with Gasteiger partial charge in [0.1, 0.15) is 5.75 Å². The molecule has 5 N–H and O–H groups in total. The summed E-state index contributed by atoms with van der Waals surface area (Å²) in [6.45, 7) is 5.44. The number of fused-ring (bicyclic) bond motifs is 1. The molecule has 2 aliphatic heterocycles. The highest BCUT2D eigenvalue weighted by molar-refractivity contribution is 5.85. The van der Waals surface area contributed by atoms with Crippen LogP contribution >= 0.6 is 24.8 Å². The monoisotopic (exact) mass is 465 g/mol. The second-order valence-corrected chi connectivity index (χ2v) is 8.26. The highest BCUT2D eigenvalue weighted by Gasteiger charge is 2.21. The molecule has 2 aliphatic rings. The maximum Gasteiger partial charge on any atom is 0.188 e. The van der Waals surface area contributed by atoms with Crippen molar-refractivity contribution >= 4 is 36.5 Å². The summed E-state index contributed by atoms with van der Waals surface area (Å²) >= 11 is 0. The molecule has 1 fully saturated rings. The van der Waals surface area contributed by atoms with E-state index in [2.05, 4.69) is 35.2 Å². The largest absolute Gasteiger partial charge is 0.493 e. The van der Waals surface area contributed by atoms with Gasteiger partial charge in [0.25, 0.3) is 0 Å². The first-order valence-electron chi connectivity index (χ1n) is 10.5. The molecule has 6 nitrogen and oxygen atoms in total. The Morgan fingerprint density at radius 1 is 1.03 bits per heavy atom. The van der Waals surface area contributed by atoms with Crippen LogP contribution in [0.3, 0.4) is 0 Å². The number of nitrogens with zero attached hydrogens (tertiary/aromatic N) is 2. The smallest absolute Gasteiger partial charge is 0.188 e. The maximum absolute atomic E-state index is 7.66. The Balaban J connectivity index is 0.00000171. The summed E-state index contributed by atoms with van der Waals surface area (Å²) in [5, 5.41) is 7.66. The molecule has 2 aromatic rings. The normalized spacial score (nSPS) is 16.6. The summed E-state index contributed by atoms with van der Waals surface area (Å²) in [7, 11) is 0. The van der Waals surface area contributed by atoms with Crippen LogP contribution in [-0.2, 0) is 19.5 Å². The molecular weight excluding hydrogens is 433 g/mol. The number of guanidine groups is 1. The van der Waals surface area contributed by atoms with Gasteiger partial charge in [0.2, 0.25) is 0 Å². The van der Waals surface area contributed by atoms with Crippen LogP contribution in [0.25, 0.3) is 0 Å². The van der Waals surface area contributed by atoms with E-state index in [0.717, 1.165) is 63.5 Å². The highest BCUT2D eigenvalue weighted by Crippen LogP contribution is 2.26. The summed E-state index contributed by atoms with van der Waals surface area (Å²) in [6, 6.07) is 14.5. The van der Waals surface area contributed by atoms with Crippen LogP contribution in [0, 0.1) is 11.3 Å². The van der Waals surface area contributed by atoms with E-state index in [0.29, 0.717) is 12.5 Å². The van der Waals surface area contributed by atoms with E-state index in [1.165, 1.54) is 16.7 Å². The van der Waals surface area contributed by atoms with Crippen LogP contribution in [0.4, 0.5) is 5.69 Å². The Morgan fingerprint density at radius 3 is 2.52 bits per heavy atom. The molecule has 2 heterocycles. The SMILES string of the molecule is Cl.Cl.N=C(N)N1CCc2ccc(OCC3CCN(Cc4cccc(N)c4)CC3)cc2C1. The molecule has 1 saturated heterocycles. The minimum atomic E-state index is 0. The number of benzene rings is 2. The first kappa shape index (κ1) is 25.1. The third-order valence-electron chi connectivity index (χ3n) is 6.08. The fraction of sp³-hybridized carbons (Fsp3) is 0.435. The highest BCUT2D eigenvalue weighted by atomic mass is 35.5. The van der Waals surface area contributed by atoms with Crippen LogP contribution in [0.2, 0.25) is 0 Å². The van der Waals surface area contributed by atoms with Gasteiger partial charge in [-0.15, -0.1) is 24.8 Å². The maximum atomic E-state index is 7.66. The molecule has 0 unspecified atom stereocenters. The van der Waals surface area contributed by atoms with Crippen molar-refractivity contribution < 1.29 is 4.74 Å². The van der Waals surface area contributed by atoms with E-state index in [1.54, 1.807) is 0 Å². The Labute approximate surface area is 197 Å². The Bertz CT molecular complexity index is 871. The van der Waals surface area contributed by atoms with Gasteiger partial charge >= 0.3 is 0 Å². The number of nitrogen functional groups attached to an aromatic ring is 1. The zero-order chi connectivity index (χ0) is 20.2. The molecule has 31 heavy (non-hydrogen) atoms. The number of piperidine rings is 1. The second kappa shape index (κ2) is 11.5. The molecule has 2 aromatic carbocycles. The van der Waals surface area contributed by atoms with E-state index in [1.807, 2.05) is 17.0 Å². The van der Waals surface area contributed by atoms with Crippen LogP contribution in [0.1, 0.15) is 29.5 Å². The molecule has 0 aromatic heterocycles. The summed E-state index contributed by atoms with van der Waals surface area (Å²) in [5.74, 6) is 1.67. The molecule has 0 saturated carbocycles. The van der Waals surface area contributed by atoms with Crippen molar-refractivity contribution in [2.24, 2.45) is 11.7 Å². The summed E-state index contributed by atoms with van der Waals surface area (Å²) in [4.78, 5) is 4.41. The van der Waals surface area contributed by atoms with E-state index in [9.17, 15) is 0 Å². The molecule has 0 radical (unpaired) electrons. The van der Waals surface area contributed by atoms with E-state index in [-0.39, 0.29) is 30.8 Å². The third kappa shape index (κ3) is 6.66. The van der Waals surface area contributed by atoms with E-state index in [4.69, 9.17) is 21.6 Å². The Morgan fingerprint density at radius 2 is 1.81 bits per heavy atom. The Hall–Kier alpha value is -2.15. The van der Waals surface area contributed by atoms with Gasteiger partial charge in [-0.2, -0.15) is 0 Å². The first-order chi connectivity index (χ1) is 14.1. The summed E-state index contributed by atoms with van der Waals surface area (Å²) in [6.07, 6.45) is 3.25. The minimum Gasteiger partial charge on any atom is -0.493 e. The fourth-order valence-corrected chi connectivity index (χ4v) is 4.30. The van der Waals surface area contributed by atoms with Crippen molar-refractivity contribution in [1.29, 1.82) is 5.41 Å². The molecule has 0 atom stereocenters. The molecule has 0 aliphatic carbocycles. The van der Waals surface area contributed by atoms with Crippen molar-refractivity contribution in [1.82, 2.24) is 9.80 Å². The lowest BCUT2D eigenvalue weighted by atomic mass is 9.97. The van der Waals surface area contributed by atoms with Crippen LogP contribution in [-0.4, -0.2) is 42.0 Å². The van der Waals surface area contributed by atoms with Gasteiger partial charge in [0.15, 0.2) is 5.96 Å². The number of ether oxygens (including phenoxy) is 1. The van der Waals surface area contributed by atoms with Gasteiger partial charge in [-0.3, -0.25) is 10.3 Å². The van der Waals surface area contributed by atoms with Gasteiger partial charge in [0, 0.05) is 25.3 Å². The second-order valence-electron chi connectivity index (χ2n) is 8.26. The first-order valence-corrected chi connectivity index (χ1v) is 10.5. The number of nitrogens with two attached hydrogens (primary N) is 2. The lowest BCUT2D eigenvalue weighted by molar-refractivity contribution is 0.136. The lowest BCUT2D eigenvalue weighted by Gasteiger charge is -2.32. The average molecular weight is 466 g/mol. The molecule has 0 bridgehead atoms. The quantitative estimate of drug-likeness (QED) is 0.356. The number of hydrogen-bond acceptors (Lipinski definition) is 4. The zero-order valence-corrected chi connectivity index (χ0v) is 19.4. The topological polar surface area (TPSA) is 91.6 Å². The Kier molecular flexibility index (Phi) is 9.29. The van der Waals surface area contributed by atoms with Crippen molar-refractivity contribution in [2.45, 2.75) is 32.4 Å². The van der Waals surface area contributed by atoms with Crippen LogP contribution in [0.5, 0.6) is 5.75 Å². The number of likely N-dealkylation sites (tertiary alicyclic amines) is 1. The van der Waals surface area contributed by atoms with Crippen molar-refractivity contribution in [2.75, 3.05) is 32.0 Å². The minimum absolute atomic E-state index is 0. The number of halogens is 2. The van der Waals surface area contributed by atoms with E-state index < -0.39 is 0 Å². The lowest BCUT2D eigenvalue weighted by Crippen LogP contribution is -2.40. The van der Waals surface area contributed by atoms with Gasteiger partial charge in [-0.05, 0) is 79.2 Å². The fourth-order valence-electron chi connectivity index (χ4n) is 4.30. The number of anilines is 1. The molecular formula is C23H33Cl2N5O. The number of hydrogen-bond donors (Lipinski definition) is 3. The van der Waals surface area contributed by atoms with Gasteiger partial charge in [0.05, 0.1) is 6.61 Å². The van der Waals surface area contributed by atoms with E-state index >= 15 is 0 Å². The van der Waals surface area contributed by atoms with Gasteiger partial charge in [-0.1, -0.05) is 18.2 Å². The van der Waals surface area contributed by atoms with Crippen molar-refractivity contribution in [3.63, 3.8) is 0 Å². The van der Waals surface area contributed by atoms with Gasteiger partial charge < -0.3 is 21.1 Å². The molecule has 170 valence electrons. The predicted octanol–water partition coefficient (Wildman–Crippen LogP) is 3.65. The van der Waals surface area contributed by atoms with Gasteiger partial charge in [-0.25, -0.2) is 0 Å². The van der Waals surface area contributed by atoms with Crippen molar-refractivity contribution in [3.8, 4) is 5.75 Å². The van der Waals surface area contributed by atoms with Crippen molar-refractivity contribution in [3.05, 3.63) is 59.2 Å². The molecule has 0 amide bonds. The van der Waals surface area contributed by atoms with Crippen LogP contribution < -0.4 is 16.2 Å². The number of nitrogens with one attached hydrogen (secondary N) is 1. The summed E-state index contributed by atoms with van der Waals surface area (Å²) < 4.78 is 6.14. The predicted molar refractivity (Wildman–Crippen MR) is 131 cm³/mol. The van der Waals surface area contributed by atoms with Crippen LogP contribution in [0.15, 0.2) is 42.5 Å². The third-order valence-corrected chi connectivity index (χ3v) is 6.08.